The van der Waals surface area contributed by atoms with Crippen molar-refractivity contribution >= 4 is 11.8 Å². The summed E-state index contributed by atoms with van der Waals surface area (Å²) in [5.74, 6) is 0.547. The third kappa shape index (κ3) is 4.11. The van der Waals surface area contributed by atoms with Crippen LogP contribution >= 0.6 is 0 Å². The van der Waals surface area contributed by atoms with E-state index in [1.165, 1.54) is 0 Å². The van der Waals surface area contributed by atoms with Crippen LogP contribution in [-0.2, 0) is 16.0 Å². The van der Waals surface area contributed by atoms with E-state index in [1.54, 1.807) is 11.1 Å². The number of likely N-dealkylation sites (tertiary alicyclic amines) is 1. The minimum Gasteiger partial charge on any atom is -0.348 e. The Hall–Kier alpha value is -2.69. The Balaban J connectivity index is 1.61. The molecule has 5 heteroatoms. The van der Waals surface area contributed by atoms with Crippen LogP contribution < -0.4 is 0 Å². The highest BCUT2D eigenvalue weighted by molar-refractivity contribution is 5.85. The van der Waals surface area contributed by atoms with Gasteiger partial charge in [0.25, 0.3) is 0 Å². The van der Waals surface area contributed by atoms with Crippen molar-refractivity contribution in [3.63, 3.8) is 0 Å². The molecule has 5 nitrogen and oxygen atoms in total. The maximum atomic E-state index is 13.4. The third-order valence-corrected chi connectivity index (χ3v) is 6.67. The normalized spacial score (nSPS) is 21.7. The van der Waals surface area contributed by atoms with Crippen LogP contribution in [0.3, 0.4) is 0 Å². The molecule has 1 aliphatic carbocycles. The molecule has 1 aliphatic heterocycles. The van der Waals surface area contributed by atoms with Crippen LogP contribution in [0.5, 0.6) is 0 Å². The molecule has 1 aromatic carbocycles. The van der Waals surface area contributed by atoms with Gasteiger partial charge in [0.1, 0.15) is 0 Å². The highest BCUT2D eigenvalue weighted by atomic mass is 16.2. The number of carbonyl (C=O) groups excluding carboxylic acids is 2. The van der Waals surface area contributed by atoms with Crippen molar-refractivity contribution in [3.05, 3.63) is 54.4 Å². The number of piperidine rings is 1. The van der Waals surface area contributed by atoms with Crippen LogP contribution in [0, 0.1) is 11.3 Å². The minimum absolute atomic E-state index is 0.125. The molecule has 0 radical (unpaired) electrons. The summed E-state index contributed by atoms with van der Waals surface area (Å²) in [6, 6.07) is 12.4. The molecule has 0 N–H and O–H groups in total. The van der Waals surface area contributed by atoms with Crippen molar-refractivity contribution in [1.82, 2.24) is 14.8 Å². The molecule has 2 aliphatic rings. The molecule has 2 heterocycles. The van der Waals surface area contributed by atoms with E-state index in [0.717, 1.165) is 55.3 Å². The maximum absolute atomic E-state index is 13.4. The van der Waals surface area contributed by atoms with Gasteiger partial charge in [-0.05, 0) is 54.9 Å². The Labute approximate surface area is 179 Å². The van der Waals surface area contributed by atoms with Crippen molar-refractivity contribution in [3.8, 4) is 11.1 Å². The quantitative estimate of drug-likeness (QED) is 0.761. The second kappa shape index (κ2) is 8.58. The van der Waals surface area contributed by atoms with Crippen molar-refractivity contribution in [2.24, 2.45) is 11.3 Å². The number of rotatable bonds is 5. The highest BCUT2D eigenvalue weighted by Crippen LogP contribution is 2.38. The van der Waals surface area contributed by atoms with E-state index < -0.39 is 5.41 Å². The smallest absolute Gasteiger partial charge is 0.230 e. The van der Waals surface area contributed by atoms with E-state index in [1.807, 2.05) is 43.4 Å². The molecule has 2 aromatic rings. The molecule has 158 valence electrons. The van der Waals surface area contributed by atoms with Gasteiger partial charge in [0.2, 0.25) is 11.8 Å². The van der Waals surface area contributed by atoms with Crippen molar-refractivity contribution in [2.75, 3.05) is 27.2 Å². The first-order valence-corrected chi connectivity index (χ1v) is 11.0. The third-order valence-electron chi connectivity index (χ3n) is 6.67. The van der Waals surface area contributed by atoms with Crippen LogP contribution in [0.2, 0.25) is 0 Å². The van der Waals surface area contributed by atoms with Crippen molar-refractivity contribution < 1.29 is 9.59 Å². The first-order valence-electron chi connectivity index (χ1n) is 11.0. The van der Waals surface area contributed by atoms with E-state index in [4.69, 9.17) is 0 Å². The van der Waals surface area contributed by atoms with Gasteiger partial charge in [-0.25, -0.2) is 0 Å². The molecular formula is C25H31N3O2. The zero-order valence-corrected chi connectivity index (χ0v) is 18.0. The lowest BCUT2D eigenvalue weighted by Gasteiger charge is -2.44. The lowest BCUT2D eigenvalue weighted by atomic mass is 9.73. The number of benzene rings is 1. The molecular weight excluding hydrogens is 374 g/mol. The number of hydrogen-bond donors (Lipinski definition) is 0. The zero-order chi connectivity index (χ0) is 21.1. The van der Waals surface area contributed by atoms with Crippen LogP contribution in [0.25, 0.3) is 11.1 Å². The van der Waals surface area contributed by atoms with Gasteiger partial charge in [0, 0.05) is 45.5 Å². The van der Waals surface area contributed by atoms with Gasteiger partial charge in [-0.15, -0.1) is 0 Å². The van der Waals surface area contributed by atoms with Gasteiger partial charge < -0.3 is 9.80 Å². The van der Waals surface area contributed by atoms with E-state index in [9.17, 15) is 9.59 Å². The summed E-state index contributed by atoms with van der Waals surface area (Å²) in [6.07, 6.45) is 9.11. The zero-order valence-electron chi connectivity index (χ0n) is 18.0. The average Bonchev–Trinajstić information content (AvgIpc) is 2.73. The van der Waals surface area contributed by atoms with Crippen LogP contribution in [0.15, 0.2) is 48.8 Å². The second-order valence-corrected chi connectivity index (χ2v) is 9.09. The average molecular weight is 406 g/mol. The Morgan fingerprint density at radius 2 is 1.93 bits per heavy atom. The number of carbonyl (C=O) groups is 2. The molecule has 2 amide bonds. The Morgan fingerprint density at radius 3 is 2.60 bits per heavy atom. The number of hydrogen-bond acceptors (Lipinski definition) is 3. The lowest BCUT2D eigenvalue weighted by molar-refractivity contribution is -0.150. The summed E-state index contributed by atoms with van der Waals surface area (Å²) in [5, 5.41) is 0. The van der Waals surface area contributed by atoms with E-state index in [2.05, 4.69) is 23.2 Å². The molecule has 1 saturated carbocycles. The van der Waals surface area contributed by atoms with E-state index >= 15 is 0 Å². The van der Waals surface area contributed by atoms with Crippen molar-refractivity contribution in [1.29, 1.82) is 0 Å². The van der Waals surface area contributed by atoms with E-state index in [-0.39, 0.29) is 17.7 Å². The first-order chi connectivity index (χ1) is 14.5. The van der Waals surface area contributed by atoms with Gasteiger partial charge in [-0.3, -0.25) is 14.6 Å². The molecule has 1 saturated heterocycles. The number of pyridine rings is 1. The van der Waals surface area contributed by atoms with Crippen LogP contribution in [-0.4, -0.2) is 53.8 Å². The van der Waals surface area contributed by atoms with E-state index in [0.29, 0.717) is 13.0 Å². The summed E-state index contributed by atoms with van der Waals surface area (Å²) in [4.78, 5) is 34.2. The van der Waals surface area contributed by atoms with Gasteiger partial charge >= 0.3 is 0 Å². The Morgan fingerprint density at radius 1 is 1.13 bits per heavy atom. The molecule has 30 heavy (non-hydrogen) atoms. The summed E-state index contributed by atoms with van der Waals surface area (Å²) in [7, 11) is 3.64. The topological polar surface area (TPSA) is 53.5 Å². The standard InChI is InChI=1S/C25H31N3O2/c1-27(2)24(30)25(12-6-14-28(18-25)23(29)20-8-4-9-20)16-19-7-3-10-21(15-19)22-11-5-13-26-17-22/h3,5,7,10-11,13,15,17,20H,4,6,8-9,12,14,16,18H2,1-2H3/t25-/m1/s1. The summed E-state index contributed by atoms with van der Waals surface area (Å²) < 4.78 is 0. The monoisotopic (exact) mass is 405 g/mol. The fourth-order valence-electron chi connectivity index (χ4n) is 4.89. The maximum Gasteiger partial charge on any atom is 0.230 e. The first kappa shape index (κ1) is 20.6. The Kier molecular flexibility index (Phi) is 5.89. The second-order valence-electron chi connectivity index (χ2n) is 9.09. The lowest BCUT2D eigenvalue weighted by Crippen LogP contribution is -2.55. The molecule has 0 unspecified atom stereocenters. The van der Waals surface area contributed by atoms with Crippen molar-refractivity contribution in [2.45, 2.75) is 38.5 Å². The fourth-order valence-corrected chi connectivity index (χ4v) is 4.89. The SMILES string of the molecule is CN(C)C(=O)[C@@]1(Cc2cccc(-c3cccnc3)c2)CCCN(C(=O)C2CCC2)C1. The molecule has 0 spiro atoms. The predicted molar refractivity (Wildman–Crippen MR) is 118 cm³/mol. The predicted octanol–water partition coefficient (Wildman–Crippen LogP) is 3.79. The summed E-state index contributed by atoms with van der Waals surface area (Å²) in [6.45, 7) is 1.30. The summed E-state index contributed by atoms with van der Waals surface area (Å²) >= 11 is 0. The fraction of sp³-hybridized carbons (Fsp3) is 0.480. The van der Waals surface area contributed by atoms with Gasteiger partial charge in [0.05, 0.1) is 5.41 Å². The van der Waals surface area contributed by atoms with Gasteiger partial charge in [0.15, 0.2) is 0 Å². The number of amides is 2. The Bertz CT molecular complexity index is 908. The number of aromatic nitrogens is 1. The van der Waals surface area contributed by atoms with Crippen LogP contribution in [0.4, 0.5) is 0 Å². The molecule has 0 bridgehead atoms. The molecule has 2 fully saturated rings. The minimum atomic E-state index is -0.561. The summed E-state index contributed by atoms with van der Waals surface area (Å²) in [5.41, 5.74) is 2.74. The van der Waals surface area contributed by atoms with Gasteiger partial charge in [-0.2, -0.15) is 0 Å². The molecule has 1 atom stereocenters. The number of nitrogens with zero attached hydrogens (tertiary/aromatic N) is 3. The molecule has 4 rings (SSSR count). The van der Waals surface area contributed by atoms with Crippen LogP contribution in [0.1, 0.15) is 37.7 Å². The highest BCUT2D eigenvalue weighted by Gasteiger charge is 2.45. The molecule has 1 aromatic heterocycles. The van der Waals surface area contributed by atoms with Gasteiger partial charge in [-0.1, -0.05) is 36.8 Å². The largest absolute Gasteiger partial charge is 0.348 e.